The second-order valence-electron chi connectivity index (χ2n) is 5.80. The molecule has 4 rings (SSSR count). The van der Waals surface area contributed by atoms with Crippen molar-refractivity contribution < 1.29 is 4.98 Å². The number of hydrogen-bond donors (Lipinski definition) is 0. The molecule has 0 fully saturated rings. The number of nitrogens with one attached hydrogen (secondary N) is 1. The van der Waals surface area contributed by atoms with E-state index in [4.69, 9.17) is 0 Å². The minimum absolute atomic E-state index is 1.12. The van der Waals surface area contributed by atoms with Gasteiger partial charge in [-0.2, -0.15) is 0 Å². The van der Waals surface area contributed by atoms with E-state index in [1.54, 1.807) is 0 Å². The van der Waals surface area contributed by atoms with Crippen LogP contribution >= 0.6 is 0 Å². The van der Waals surface area contributed by atoms with Gasteiger partial charge in [-0.3, -0.25) is 0 Å². The SMILES string of the molecule is c1ccc(-c2ccc(-c3ccc(-c4ccccc4)c[nH+]3)cc2)cc1. The van der Waals surface area contributed by atoms with Crippen LogP contribution < -0.4 is 4.98 Å². The van der Waals surface area contributed by atoms with Gasteiger partial charge in [0, 0.05) is 17.2 Å². The third-order valence-electron chi connectivity index (χ3n) is 4.22. The van der Waals surface area contributed by atoms with Gasteiger partial charge in [0.15, 0.2) is 6.20 Å². The quantitative estimate of drug-likeness (QED) is 0.474. The molecule has 0 spiro atoms. The lowest BCUT2D eigenvalue weighted by Gasteiger charge is -2.03. The summed E-state index contributed by atoms with van der Waals surface area (Å²) in [5.74, 6) is 0. The normalized spacial score (nSPS) is 10.5. The van der Waals surface area contributed by atoms with Crippen LogP contribution in [0.1, 0.15) is 0 Å². The van der Waals surface area contributed by atoms with Gasteiger partial charge in [-0.15, -0.1) is 0 Å². The molecule has 4 aromatic rings. The van der Waals surface area contributed by atoms with Crippen molar-refractivity contribution in [3.05, 3.63) is 103 Å². The zero-order valence-corrected chi connectivity index (χ0v) is 13.3. The molecule has 1 N–H and O–H groups in total. The number of aromatic amines is 1. The molecule has 0 saturated heterocycles. The zero-order chi connectivity index (χ0) is 16.2. The van der Waals surface area contributed by atoms with Crippen LogP contribution in [0.3, 0.4) is 0 Å². The van der Waals surface area contributed by atoms with Gasteiger partial charge < -0.3 is 0 Å². The van der Waals surface area contributed by atoms with Crippen LogP contribution in [-0.2, 0) is 0 Å². The smallest absolute Gasteiger partial charge is 0.210 e. The summed E-state index contributed by atoms with van der Waals surface area (Å²) in [7, 11) is 0. The fourth-order valence-corrected chi connectivity index (χ4v) is 2.89. The van der Waals surface area contributed by atoms with Gasteiger partial charge in [-0.05, 0) is 34.9 Å². The third kappa shape index (κ3) is 2.97. The maximum atomic E-state index is 3.41. The highest BCUT2D eigenvalue weighted by atomic mass is 14.7. The molecule has 1 heteroatoms. The Kier molecular flexibility index (Phi) is 3.91. The maximum Gasteiger partial charge on any atom is 0.210 e. The van der Waals surface area contributed by atoms with Crippen molar-refractivity contribution in [2.45, 2.75) is 0 Å². The Hall–Kier alpha value is -3.19. The number of benzene rings is 3. The van der Waals surface area contributed by atoms with E-state index in [1.807, 2.05) is 12.1 Å². The van der Waals surface area contributed by atoms with E-state index in [1.165, 1.54) is 27.8 Å². The first-order valence-corrected chi connectivity index (χ1v) is 8.13. The highest BCUT2D eigenvalue weighted by molar-refractivity contribution is 5.69. The lowest BCUT2D eigenvalue weighted by Crippen LogP contribution is -2.06. The highest BCUT2D eigenvalue weighted by Gasteiger charge is 2.07. The van der Waals surface area contributed by atoms with Crippen LogP contribution in [0.2, 0.25) is 0 Å². The van der Waals surface area contributed by atoms with Crippen molar-refractivity contribution in [1.29, 1.82) is 0 Å². The van der Waals surface area contributed by atoms with Crippen LogP contribution in [0.25, 0.3) is 33.5 Å². The Labute approximate surface area is 142 Å². The molecule has 0 atom stereocenters. The van der Waals surface area contributed by atoms with Crippen LogP contribution in [0, 0.1) is 0 Å². The van der Waals surface area contributed by atoms with Gasteiger partial charge in [0.05, 0.1) is 0 Å². The molecule has 0 amide bonds. The fraction of sp³-hybridized carbons (Fsp3) is 0. The van der Waals surface area contributed by atoms with E-state index in [-0.39, 0.29) is 0 Å². The Morgan fingerprint density at radius 3 is 1.38 bits per heavy atom. The summed E-state index contributed by atoms with van der Waals surface area (Å²) in [6, 6.07) is 33.8. The molecule has 3 aromatic carbocycles. The predicted octanol–water partition coefficient (Wildman–Crippen LogP) is 5.50. The largest absolute Gasteiger partial charge is 0.211 e. The Morgan fingerprint density at radius 2 is 0.833 bits per heavy atom. The number of H-pyrrole nitrogens is 1. The summed E-state index contributed by atoms with van der Waals surface area (Å²) in [6.45, 7) is 0. The molecule has 0 unspecified atom stereocenters. The molecular weight excluding hydrogens is 290 g/mol. The summed E-state index contributed by atoms with van der Waals surface area (Å²) in [5, 5.41) is 0. The number of aromatic nitrogens is 1. The molecule has 1 nitrogen and oxygen atoms in total. The number of rotatable bonds is 3. The Bertz CT molecular complexity index is 828. The van der Waals surface area contributed by atoms with Crippen molar-refractivity contribution in [2.24, 2.45) is 0 Å². The number of pyridine rings is 1. The second kappa shape index (κ2) is 6.51. The van der Waals surface area contributed by atoms with E-state index < -0.39 is 0 Å². The second-order valence-corrected chi connectivity index (χ2v) is 5.80. The molecule has 0 aliphatic carbocycles. The molecule has 114 valence electrons. The van der Waals surface area contributed by atoms with Gasteiger partial charge in [-0.1, -0.05) is 72.8 Å². The summed E-state index contributed by atoms with van der Waals surface area (Å²) in [6.07, 6.45) is 2.07. The van der Waals surface area contributed by atoms with Crippen LogP contribution in [0.15, 0.2) is 103 Å². The molecule has 0 saturated carbocycles. The molecular formula is C23H18N+. The molecule has 24 heavy (non-hydrogen) atoms. The summed E-state index contributed by atoms with van der Waals surface area (Å²) >= 11 is 0. The zero-order valence-electron chi connectivity index (χ0n) is 13.3. The Morgan fingerprint density at radius 1 is 0.375 bits per heavy atom. The van der Waals surface area contributed by atoms with Crippen LogP contribution in [0.4, 0.5) is 0 Å². The topological polar surface area (TPSA) is 14.1 Å². The van der Waals surface area contributed by atoms with Crippen molar-refractivity contribution in [1.82, 2.24) is 0 Å². The lowest BCUT2D eigenvalue weighted by molar-refractivity contribution is -0.363. The van der Waals surface area contributed by atoms with Gasteiger partial charge in [-0.25, -0.2) is 4.98 Å². The van der Waals surface area contributed by atoms with Crippen molar-refractivity contribution >= 4 is 0 Å². The summed E-state index contributed by atoms with van der Waals surface area (Å²) < 4.78 is 0. The highest BCUT2D eigenvalue weighted by Crippen LogP contribution is 2.24. The van der Waals surface area contributed by atoms with Gasteiger partial charge in [0.2, 0.25) is 5.69 Å². The van der Waals surface area contributed by atoms with Crippen molar-refractivity contribution in [3.63, 3.8) is 0 Å². The van der Waals surface area contributed by atoms with E-state index in [0.29, 0.717) is 0 Å². The van der Waals surface area contributed by atoms with E-state index in [0.717, 1.165) is 5.69 Å². The minimum Gasteiger partial charge on any atom is -0.211 e. The molecule has 0 radical (unpaired) electrons. The number of hydrogen-bond acceptors (Lipinski definition) is 0. The molecule has 0 aliphatic rings. The fourth-order valence-electron chi connectivity index (χ4n) is 2.89. The Balaban J connectivity index is 1.60. The van der Waals surface area contributed by atoms with E-state index >= 15 is 0 Å². The van der Waals surface area contributed by atoms with E-state index in [2.05, 4.69) is 96.1 Å². The van der Waals surface area contributed by atoms with Crippen molar-refractivity contribution in [3.8, 4) is 33.5 Å². The average Bonchev–Trinajstić information content (AvgIpc) is 2.70. The maximum absolute atomic E-state index is 3.41. The first kappa shape index (κ1) is 14.4. The summed E-state index contributed by atoms with van der Waals surface area (Å²) in [5.41, 5.74) is 7.20. The van der Waals surface area contributed by atoms with Gasteiger partial charge in [0.1, 0.15) is 0 Å². The van der Waals surface area contributed by atoms with Crippen LogP contribution in [-0.4, -0.2) is 0 Å². The third-order valence-corrected chi connectivity index (χ3v) is 4.22. The molecule has 1 aromatic heterocycles. The minimum atomic E-state index is 1.12. The average molecular weight is 308 g/mol. The van der Waals surface area contributed by atoms with Gasteiger partial charge >= 0.3 is 0 Å². The monoisotopic (exact) mass is 308 g/mol. The molecule has 0 bridgehead atoms. The first-order valence-electron chi connectivity index (χ1n) is 8.13. The predicted molar refractivity (Wildman–Crippen MR) is 99.3 cm³/mol. The van der Waals surface area contributed by atoms with Gasteiger partial charge in [0.25, 0.3) is 0 Å². The van der Waals surface area contributed by atoms with Crippen LogP contribution in [0.5, 0.6) is 0 Å². The van der Waals surface area contributed by atoms with Crippen molar-refractivity contribution in [2.75, 3.05) is 0 Å². The van der Waals surface area contributed by atoms with E-state index in [9.17, 15) is 0 Å². The first-order chi connectivity index (χ1) is 11.9. The lowest BCUT2D eigenvalue weighted by atomic mass is 10.0. The standard InChI is InChI=1S/C23H17N/c1-3-7-18(8-4-1)20-11-13-21(14-12-20)23-16-15-22(17-24-23)19-9-5-2-6-10-19/h1-17H/p+1. The summed E-state index contributed by atoms with van der Waals surface area (Å²) in [4.78, 5) is 3.41. The molecule has 1 heterocycles. The molecule has 0 aliphatic heterocycles.